The van der Waals surface area contributed by atoms with Crippen molar-refractivity contribution in [1.82, 2.24) is 15.6 Å². The molecule has 0 bridgehead atoms. The molecule has 5 nitrogen and oxygen atoms in total. The molecule has 30 heavy (non-hydrogen) atoms. The summed E-state index contributed by atoms with van der Waals surface area (Å²) in [5.41, 5.74) is -0.147. The lowest BCUT2D eigenvalue weighted by Crippen LogP contribution is -2.37. The number of hydrogen-bond acceptors (Lipinski definition) is 3. The lowest BCUT2D eigenvalue weighted by Gasteiger charge is -2.16. The first kappa shape index (κ1) is 21.9. The van der Waals surface area contributed by atoms with Crippen LogP contribution < -0.4 is 15.5 Å². The van der Waals surface area contributed by atoms with Gasteiger partial charge in [-0.1, -0.05) is 12.1 Å². The van der Waals surface area contributed by atoms with Crippen molar-refractivity contribution in [3.63, 3.8) is 0 Å². The van der Waals surface area contributed by atoms with Crippen LogP contribution in [0.2, 0.25) is 0 Å². The summed E-state index contributed by atoms with van der Waals surface area (Å²) in [6.07, 6.45) is -0.509. The van der Waals surface area contributed by atoms with Crippen LogP contribution in [0.1, 0.15) is 36.5 Å². The number of pyridine rings is 1. The van der Waals surface area contributed by atoms with Gasteiger partial charge in [0.05, 0.1) is 12.1 Å². The van der Waals surface area contributed by atoms with Crippen molar-refractivity contribution >= 4 is 11.8 Å². The van der Waals surface area contributed by atoms with E-state index in [-0.39, 0.29) is 12.1 Å². The molecule has 1 fully saturated rings. The van der Waals surface area contributed by atoms with Crippen LogP contribution in [0.4, 0.5) is 23.4 Å². The molecule has 9 heteroatoms. The van der Waals surface area contributed by atoms with E-state index in [2.05, 4.69) is 25.5 Å². The van der Waals surface area contributed by atoms with E-state index < -0.39 is 17.6 Å². The number of benzene rings is 1. The number of hydrogen-bond donors (Lipinski definition) is 2. The van der Waals surface area contributed by atoms with Gasteiger partial charge < -0.3 is 15.5 Å². The monoisotopic (exact) mass is 423 g/mol. The van der Waals surface area contributed by atoms with E-state index in [0.717, 1.165) is 36.6 Å². The fraction of sp³-hybridized carbons (Fsp3) is 0.429. The summed E-state index contributed by atoms with van der Waals surface area (Å²) in [5.74, 6) is 0.399. The summed E-state index contributed by atoms with van der Waals surface area (Å²) in [6, 6.07) is 6.58. The number of aromatic nitrogens is 1. The van der Waals surface area contributed by atoms with Crippen molar-refractivity contribution in [1.29, 1.82) is 0 Å². The first-order chi connectivity index (χ1) is 14.4. The topological polar surface area (TPSA) is 52.6 Å². The number of alkyl halides is 3. The molecular weight excluding hydrogens is 398 g/mol. The Hall–Kier alpha value is -2.84. The Labute approximate surface area is 173 Å². The average molecular weight is 423 g/mol. The minimum Gasteiger partial charge on any atom is -0.357 e. The predicted octanol–water partition coefficient (Wildman–Crippen LogP) is 4.10. The molecule has 0 aliphatic carbocycles. The van der Waals surface area contributed by atoms with Gasteiger partial charge in [-0.05, 0) is 49.1 Å². The zero-order valence-corrected chi connectivity index (χ0v) is 16.8. The van der Waals surface area contributed by atoms with Crippen LogP contribution in [0.25, 0.3) is 0 Å². The Morgan fingerprint density at radius 1 is 1.13 bits per heavy atom. The molecule has 1 saturated heterocycles. The van der Waals surface area contributed by atoms with Gasteiger partial charge in [-0.25, -0.2) is 14.4 Å². The zero-order chi connectivity index (χ0) is 21.6. The van der Waals surface area contributed by atoms with Gasteiger partial charge in [0, 0.05) is 32.4 Å². The standard InChI is InChI=1S/C21H25F4N5/c1-2-26-20(29-14-16-6-7-17(22)11-18(16)21(23,24)25)28-13-15-5-8-19(27-12-15)30-9-3-4-10-30/h5-8,11-12H,2-4,9-10,13-14H2,1H3,(H2,26,28,29). The van der Waals surface area contributed by atoms with Crippen molar-refractivity contribution in [3.8, 4) is 0 Å². The van der Waals surface area contributed by atoms with Crippen LogP contribution in [0, 0.1) is 5.82 Å². The second-order valence-electron chi connectivity index (χ2n) is 7.07. The zero-order valence-electron chi connectivity index (χ0n) is 16.8. The van der Waals surface area contributed by atoms with E-state index in [9.17, 15) is 17.6 Å². The van der Waals surface area contributed by atoms with E-state index in [1.807, 2.05) is 19.1 Å². The number of rotatable bonds is 6. The van der Waals surface area contributed by atoms with Crippen molar-refractivity contribution in [2.75, 3.05) is 24.5 Å². The second kappa shape index (κ2) is 9.77. The van der Waals surface area contributed by atoms with E-state index in [4.69, 9.17) is 0 Å². The lowest BCUT2D eigenvalue weighted by molar-refractivity contribution is -0.138. The van der Waals surface area contributed by atoms with E-state index >= 15 is 0 Å². The van der Waals surface area contributed by atoms with Crippen LogP contribution in [0.15, 0.2) is 41.5 Å². The number of anilines is 1. The highest BCUT2D eigenvalue weighted by molar-refractivity contribution is 5.79. The summed E-state index contributed by atoms with van der Waals surface area (Å²) in [4.78, 5) is 11.1. The summed E-state index contributed by atoms with van der Waals surface area (Å²) in [5, 5.41) is 5.89. The molecule has 1 aromatic heterocycles. The number of halogens is 4. The highest BCUT2D eigenvalue weighted by Gasteiger charge is 2.33. The van der Waals surface area contributed by atoms with E-state index in [1.165, 1.54) is 12.8 Å². The first-order valence-corrected chi connectivity index (χ1v) is 9.94. The van der Waals surface area contributed by atoms with Crippen LogP contribution in [0.5, 0.6) is 0 Å². The van der Waals surface area contributed by atoms with Gasteiger partial charge in [0.15, 0.2) is 5.96 Å². The van der Waals surface area contributed by atoms with Crippen molar-refractivity contribution in [3.05, 3.63) is 59.0 Å². The number of guanidine groups is 1. The molecule has 2 N–H and O–H groups in total. The molecule has 0 amide bonds. The third-order valence-electron chi connectivity index (χ3n) is 4.83. The van der Waals surface area contributed by atoms with Gasteiger partial charge in [-0.15, -0.1) is 0 Å². The fourth-order valence-corrected chi connectivity index (χ4v) is 3.30. The minimum atomic E-state index is -4.63. The fourth-order valence-electron chi connectivity index (χ4n) is 3.30. The molecule has 0 atom stereocenters. The van der Waals surface area contributed by atoms with Crippen LogP contribution in [-0.2, 0) is 19.3 Å². The quantitative estimate of drug-likeness (QED) is 0.417. The molecule has 0 saturated carbocycles. The normalized spacial score (nSPS) is 14.8. The highest BCUT2D eigenvalue weighted by atomic mass is 19.4. The summed E-state index contributed by atoms with van der Waals surface area (Å²) >= 11 is 0. The van der Waals surface area contributed by atoms with Gasteiger partial charge in [0.1, 0.15) is 11.6 Å². The molecule has 1 aliphatic rings. The molecule has 2 aromatic rings. The Morgan fingerprint density at radius 3 is 2.53 bits per heavy atom. The Balaban J connectivity index is 1.65. The molecule has 1 aromatic carbocycles. The molecule has 0 spiro atoms. The van der Waals surface area contributed by atoms with Crippen LogP contribution in [0.3, 0.4) is 0 Å². The third kappa shape index (κ3) is 5.84. The lowest BCUT2D eigenvalue weighted by atomic mass is 10.1. The first-order valence-electron chi connectivity index (χ1n) is 9.94. The SMILES string of the molecule is CCNC(=NCc1ccc(N2CCCC2)nc1)NCc1ccc(F)cc1C(F)(F)F. The van der Waals surface area contributed by atoms with Gasteiger partial charge in [-0.2, -0.15) is 13.2 Å². The number of nitrogens with zero attached hydrogens (tertiary/aromatic N) is 3. The van der Waals surface area contributed by atoms with E-state index in [1.54, 1.807) is 6.20 Å². The van der Waals surface area contributed by atoms with Gasteiger partial charge in [-0.3, -0.25) is 0 Å². The van der Waals surface area contributed by atoms with Gasteiger partial charge >= 0.3 is 6.18 Å². The Kier molecular flexibility index (Phi) is 7.12. The van der Waals surface area contributed by atoms with E-state index in [0.29, 0.717) is 25.1 Å². The molecule has 0 radical (unpaired) electrons. The molecule has 2 heterocycles. The van der Waals surface area contributed by atoms with Crippen LogP contribution in [-0.4, -0.2) is 30.6 Å². The molecule has 162 valence electrons. The maximum absolute atomic E-state index is 13.3. The summed E-state index contributed by atoms with van der Waals surface area (Å²) < 4.78 is 52.8. The summed E-state index contributed by atoms with van der Waals surface area (Å²) in [6.45, 7) is 4.64. The van der Waals surface area contributed by atoms with Crippen molar-refractivity contribution in [2.24, 2.45) is 4.99 Å². The number of aliphatic imine (C=N–C) groups is 1. The Morgan fingerprint density at radius 2 is 1.90 bits per heavy atom. The minimum absolute atomic E-state index is 0.0499. The molecule has 0 unspecified atom stereocenters. The van der Waals surface area contributed by atoms with Crippen LogP contribution >= 0.6 is 0 Å². The largest absolute Gasteiger partial charge is 0.416 e. The average Bonchev–Trinajstić information content (AvgIpc) is 3.25. The smallest absolute Gasteiger partial charge is 0.357 e. The molecule has 1 aliphatic heterocycles. The Bertz CT molecular complexity index is 859. The maximum Gasteiger partial charge on any atom is 0.416 e. The molecule has 3 rings (SSSR count). The maximum atomic E-state index is 13.3. The van der Waals surface area contributed by atoms with Crippen molar-refractivity contribution < 1.29 is 17.6 Å². The summed E-state index contributed by atoms with van der Waals surface area (Å²) in [7, 11) is 0. The highest BCUT2D eigenvalue weighted by Crippen LogP contribution is 2.32. The van der Waals surface area contributed by atoms with Gasteiger partial charge in [0.25, 0.3) is 0 Å². The predicted molar refractivity (Wildman–Crippen MR) is 109 cm³/mol. The van der Waals surface area contributed by atoms with Crippen molar-refractivity contribution in [2.45, 2.75) is 39.0 Å². The molecular formula is C21H25F4N5. The van der Waals surface area contributed by atoms with Gasteiger partial charge in [0.2, 0.25) is 0 Å². The second-order valence-corrected chi connectivity index (χ2v) is 7.07. The third-order valence-corrected chi connectivity index (χ3v) is 4.83. The number of nitrogens with one attached hydrogen (secondary N) is 2.